The van der Waals surface area contributed by atoms with Gasteiger partial charge in [-0.05, 0) is 46.5 Å². The maximum atomic E-state index is 5.42. The third kappa shape index (κ3) is 3.33. The summed E-state index contributed by atoms with van der Waals surface area (Å²) in [5, 5.41) is 20.5. The van der Waals surface area contributed by atoms with E-state index in [0.29, 0.717) is 28.4 Å². The van der Waals surface area contributed by atoms with Crippen molar-refractivity contribution in [1.82, 2.24) is 30.3 Å². The van der Waals surface area contributed by atoms with E-state index in [-0.39, 0.29) is 0 Å². The molecule has 0 saturated carbocycles. The van der Waals surface area contributed by atoms with Crippen molar-refractivity contribution in [2.75, 3.05) is 7.11 Å². The first kappa shape index (κ1) is 16.7. The summed E-state index contributed by atoms with van der Waals surface area (Å²) in [6.07, 6.45) is 0. The van der Waals surface area contributed by atoms with Crippen molar-refractivity contribution in [3.63, 3.8) is 0 Å². The fourth-order valence-corrected chi connectivity index (χ4v) is 3.69. The lowest BCUT2D eigenvalue weighted by Crippen LogP contribution is -2.02. The molecule has 0 radical (unpaired) electrons. The molecule has 0 aliphatic carbocycles. The Hall–Kier alpha value is -2.72. The highest BCUT2D eigenvalue weighted by molar-refractivity contribution is 7.98. The van der Waals surface area contributed by atoms with Crippen LogP contribution >= 0.6 is 23.1 Å². The molecule has 0 atom stereocenters. The number of ether oxygens (including phenoxy) is 1. The van der Waals surface area contributed by atoms with E-state index in [4.69, 9.17) is 9.26 Å². The first-order valence-electron chi connectivity index (χ1n) is 7.66. The molecule has 0 unspecified atom stereocenters. The van der Waals surface area contributed by atoms with Gasteiger partial charge < -0.3 is 9.26 Å². The van der Waals surface area contributed by atoms with Crippen LogP contribution in [0.3, 0.4) is 0 Å². The number of aryl methyl sites for hydroxylation is 1. The van der Waals surface area contributed by atoms with Crippen molar-refractivity contribution in [1.29, 1.82) is 0 Å². The van der Waals surface area contributed by atoms with Crippen LogP contribution in [0, 0.1) is 6.92 Å². The average Bonchev–Trinajstić information content (AvgIpc) is 3.40. The number of thioether (sulfide) groups is 1. The molecular formula is C16H14N6O2S2. The van der Waals surface area contributed by atoms with Gasteiger partial charge in [-0.15, -0.1) is 5.10 Å². The second-order valence-electron chi connectivity index (χ2n) is 5.36. The lowest BCUT2D eigenvalue weighted by Gasteiger charge is -2.09. The van der Waals surface area contributed by atoms with Crippen molar-refractivity contribution in [2.24, 2.45) is 0 Å². The highest BCUT2D eigenvalue weighted by Crippen LogP contribution is 2.28. The molecule has 3 aromatic heterocycles. The summed E-state index contributed by atoms with van der Waals surface area (Å²) in [4.78, 5) is 4.41. The van der Waals surface area contributed by atoms with Gasteiger partial charge in [0.2, 0.25) is 16.9 Å². The Morgan fingerprint density at radius 2 is 2.23 bits per heavy atom. The summed E-state index contributed by atoms with van der Waals surface area (Å²) in [6.45, 7) is 2.00. The van der Waals surface area contributed by atoms with Crippen molar-refractivity contribution in [3.8, 4) is 22.8 Å². The SMILES string of the molecule is COc1ccc(C)cc1-n1nnnc1SCc1nc(-c2ccsc2)no1. The zero-order valence-corrected chi connectivity index (χ0v) is 15.6. The molecule has 4 aromatic rings. The van der Waals surface area contributed by atoms with Crippen LogP contribution in [0.15, 0.2) is 44.7 Å². The number of thiophene rings is 1. The number of hydrogen-bond donors (Lipinski definition) is 0. The average molecular weight is 386 g/mol. The minimum atomic E-state index is 0.464. The van der Waals surface area contributed by atoms with Crippen LogP contribution in [0.5, 0.6) is 5.75 Å². The zero-order valence-electron chi connectivity index (χ0n) is 14.0. The monoisotopic (exact) mass is 386 g/mol. The molecule has 0 aliphatic heterocycles. The number of hydrogen-bond acceptors (Lipinski definition) is 9. The second kappa shape index (κ2) is 7.26. The van der Waals surface area contributed by atoms with Gasteiger partial charge in [-0.25, -0.2) is 0 Å². The predicted octanol–water partition coefficient (Wildman–Crippen LogP) is 3.38. The first-order valence-corrected chi connectivity index (χ1v) is 9.59. The van der Waals surface area contributed by atoms with E-state index in [1.54, 1.807) is 23.1 Å². The first-order chi connectivity index (χ1) is 12.7. The normalized spacial score (nSPS) is 11.0. The van der Waals surface area contributed by atoms with E-state index in [1.165, 1.54) is 11.8 Å². The maximum absolute atomic E-state index is 5.42. The molecule has 3 heterocycles. The number of benzene rings is 1. The molecule has 0 N–H and O–H groups in total. The predicted molar refractivity (Wildman–Crippen MR) is 97.6 cm³/mol. The molecule has 4 rings (SSSR count). The Bertz CT molecular complexity index is 1010. The minimum Gasteiger partial charge on any atom is -0.494 e. The quantitative estimate of drug-likeness (QED) is 0.466. The molecule has 132 valence electrons. The lowest BCUT2D eigenvalue weighted by atomic mass is 10.2. The molecule has 0 aliphatic rings. The molecule has 10 heteroatoms. The van der Waals surface area contributed by atoms with Gasteiger partial charge in [-0.1, -0.05) is 23.0 Å². The summed E-state index contributed by atoms with van der Waals surface area (Å²) >= 11 is 3.01. The standard InChI is InChI=1S/C16H14N6O2S2/c1-10-3-4-13(23-2)12(7-10)22-16(18-20-21-22)26-9-14-17-15(19-24-14)11-5-6-25-8-11/h3-8H,9H2,1-2H3. The van der Waals surface area contributed by atoms with E-state index >= 15 is 0 Å². The Balaban J connectivity index is 1.54. The fraction of sp³-hybridized carbons (Fsp3) is 0.188. The van der Waals surface area contributed by atoms with Crippen molar-refractivity contribution < 1.29 is 9.26 Å². The van der Waals surface area contributed by atoms with E-state index in [0.717, 1.165) is 16.8 Å². The van der Waals surface area contributed by atoms with Crippen LogP contribution in [-0.4, -0.2) is 37.5 Å². The molecule has 1 aromatic carbocycles. The van der Waals surface area contributed by atoms with E-state index < -0.39 is 0 Å². The van der Waals surface area contributed by atoms with E-state index in [9.17, 15) is 0 Å². The Kier molecular flexibility index (Phi) is 4.67. The molecule has 26 heavy (non-hydrogen) atoms. The van der Waals surface area contributed by atoms with Gasteiger partial charge in [0, 0.05) is 10.9 Å². The molecule has 0 saturated heterocycles. The Labute approximate surface area is 157 Å². The summed E-state index contributed by atoms with van der Waals surface area (Å²) in [5.74, 6) is 2.26. The summed E-state index contributed by atoms with van der Waals surface area (Å²) in [7, 11) is 1.62. The molecule has 0 amide bonds. The number of tetrazole rings is 1. The van der Waals surface area contributed by atoms with Crippen LogP contribution < -0.4 is 4.74 Å². The smallest absolute Gasteiger partial charge is 0.237 e. The largest absolute Gasteiger partial charge is 0.494 e. The zero-order chi connectivity index (χ0) is 17.9. The van der Waals surface area contributed by atoms with Gasteiger partial charge in [0.05, 0.1) is 12.9 Å². The molecule has 8 nitrogen and oxygen atoms in total. The van der Waals surface area contributed by atoms with Crippen LogP contribution in [0.2, 0.25) is 0 Å². The summed E-state index contributed by atoms with van der Waals surface area (Å²) in [6, 6.07) is 7.80. The number of aromatic nitrogens is 6. The fourth-order valence-electron chi connectivity index (χ4n) is 2.33. The third-order valence-electron chi connectivity index (χ3n) is 3.58. The van der Waals surface area contributed by atoms with Crippen molar-refractivity contribution in [3.05, 3.63) is 46.5 Å². The van der Waals surface area contributed by atoms with Crippen molar-refractivity contribution in [2.45, 2.75) is 17.8 Å². The minimum absolute atomic E-state index is 0.464. The topological polar surface area (TPSA) is 91.8 Å². The van der Waals surface area contributed by atoms with Gasteiger partial charge in [-0.3, -0.25) is 0 Å². The van der Waals surface area contributed by atoms with E-state index in [2.05, 4.69) is 25.7 Å². The number of nitrogens with zero attached hydrogens (tertiary/aromatic N) is 6. The van der Waals surface area contributed by atoms with Crippen LogP contribution in [0.25, 0.3) is 17.1 Å². The molecule has 0 spiro atoms. The Morgan fingerprint density at radius 1 is 1.31 bits per heavy atom. The van der Waals surface area contributed by atoms with Gasteiger partial charge in [0.1, 0.15) is 11.4 Å². The number of methoxy groups -OCH3 is 1. The highest BCUT2D eigenvalue weighted by Gasteiger charge is 2.16. The van der Waals surface area contributed by atoms with Gasteiger partial charge >= 0.3 is 0 Å². The van der Waals surface area contributed by atoms with Crippen LogP contribution in [0.4, 0.5) is 0 Å². The van der Waals surface area contributed by atoms with Crippen molar-refractivity contribution >= 4 is 23.1 Å². The molecular weight excluding hydrogens is 372 g/mol. The maximum Gasteiger partial charge on any atom is 0.237 e. The van der Waals surface area contributed by atoms with Gasteiger partial charge in [-0.2, -0.15) is 21.0 Å². The van der Waals surface area contributed by atoms with E-state index in [1.807, 2.05) is 41.9 Å². The van der Waals surface area contributed by atoms with Gasteiger partial charge in [0.25, 0.3) is 0 Å². The summed E-state index contributed by atoms with van der Waals surface area (Å²) < 4.78 is 12.4. The lowest BCUT2D eigenvalue weighted by molar-refractivity contribution is 0.391. The highest BCUT2D eigenvalue weighted by atomic mass is 32.2. The third-order valence-corrected chi connectivity index (χ3v) is 5.16. The Morgan fingerprint density at radius 3 is 3.04 bits per heavy atom. The summed E-state index contributed by atoms with van der Waals surface area (Å²) in [5.41, 5.74) is 2.82. The molecule has 0 bridgehead atoms. The number of rotatable bonds is 6. The van der Waals surface area contributed by atoms with Crippen LogP contribution in [-0.2, 0) is 5.75 Å². The van der Waals surface area contributed by atoms with Crippen LogP contribution in [0.1, 0.15) is 11.5 Å². The van der Waals surface area contributed by atoms with Gasteiger partial charge in [0.15, 0.2) is 0 Å². The molecule has 0 fully saturated rings. The second-order valence-corrected chi connectivity index (χ2v) is 7.08.